The summed E-state index contributed by atoms with van der Waals surface area (Å²) in [7, 11) is 1.65. The average molecular weight is 248 g/mol. The molecule has 0 radical (unpaired) electrons. The number of nitrogens with one attached hydrogen (secondary N) is 1. The molecule has 1 fully saturated rings. The molecule has 0 saturated heterocycles. The highest BCUT2D eigenvalue weighted by Crippen LogP contribution is 2.32. The lowest BCUT2D eigenvalue weighted by Gasteiger charge is -2.18. The Hall–Kier alpha value is -1.55. The number of ether oxygens (including phenoxy) is 1. The summed E-state index contributed by atoms with van der Waals surface area (Å²) in [4.78, 5) is 11.8. The number of nitrogens with two attached hydrogens (primary N) is 1. The van der Waals surface area contributed by atoms with Crippen LogP contribution in [0.15, 0.2) is 24.3 Å². The second-order valence-corrected chi connectivity index (χ2v) is 5.05. The molecule has 0 bridgehead atoms. The molecular formula is C14H20N2O2. The van der Waals surface area contributed by atoms with Crippen molar-refractivity contribution in [2.24, 2.45) is 5.73 Å². The molecule has 1 amide bonds. The fraction of sp³-hybridized carbons (Fsp3) is 0.500. The van der Waals surface area contributed by atoms with Gasteiger partial charge in [0.25, 0.3) is 0 Å². The van der Waals surface area contributed by atoms with Crippen molar-refractivity contribution in [1.29, 1.82) is 0 Å². The quantitative estimate of drug-likeness (QED) is 0.824. The molecule has 0 aromatic heterocycles. The van der Waals surface area contributed by atoms with Crippen molar-refractivity contribution < 1.29 is 9.53 Å². The Morgan fingerprint density at radius 1 is 1.50 bits per heavy atom. The van der Waals surface area contributed by atoms with Crippen LogP contribution in [0.1, 0.15) is 25.3 Å². The van der Waals surface area contributed by atoms with Gasteiger partial charge in [-0.2, -0.15) is 0 Å². The molecule has 18 heavy (non-hydrogen) atoms. The van der Waals surface area contributed by atoms with Crippen LogP contribution < -0.4 is 15.8 Å². The predicted molar refractivity (Wildman–Crippen MR) is 70.5 cm³/mol. The van der Waals surface area contributed by atoms with Crippen molar-refractivity contribution in [3.05, 3.63) is 29.8 Å². The van der Waals surface area contributed by atoms with Gasteiger partial charge in [0.15, 0.2) is 0 Å². The van der Waals surface area contributed by atoms with Gasteiger partial charge in [-0.1, -0.05) is 18.2 Å². The van der Waals surface area contributed by atoms with Gasteiger partial charge in [-0.3, -0.25) is 4.79 Å². The number of hydrogen-bond acceptors (Lipinski definition) is 3. The second kappa shape index (κ2) is 4.98. The number of hydrogen-bond donors (Lipinski definition) is 2. The third-order valence-corrected chi connectivity index (χ3v) is 3.34. The van der Waals surface area contributed by atoms with E-state index < -0.39 is 5.54 Å². The maximum absolute atomic E-state index is 11.8. The zero-order valence-corrected chi connectivity index (χ0v) is 10.9. The van der Waals surface area contributed by atoms with E-state index in [9.17, 15) is 4.79 Å². The molecule has 1 aliphatic carbocycles. The van der Waals surface area contributed by atoms with Crippen molar-refractivity contribution in [1.82, 2.24) is 5.32 Å². The minimum Gasteiger partial charge on any atom is -0.496 e. The summed E-state index contributed by atoms with van der Waals surface area (Å²) >= 11 is 0. The van der Waals surface area contributed by atoms with Crippen LogP contribution in [0, 0.1) is 0 Å². The van der Waals surface area contributed by atoms with Crippen LogP contribution in [0.25, 0.3) is 0 Å². The predicted octanol–water partition coefficient (Wildman–Crippen LogP) is 1.23. The van der Waals surface area contributed by atoms with Crippen LogP contribution >= 0.6 is 0 Å². The van der Waals surface area contributed by atoms with Gasteiger partial charge >= 0.3 is 0 Å². The number of amides is 1. The summed E-state index contributed by atoms with van der Waals surface area (Å²) in [6, 6.07) is 7.89. The van der Waals surface area contributed by atoms with Crippen LogP contribution in [0.5, 0.6) is 5.75 Å². The molecule has 98 valence electrons. The number of benzene rings is 1. The largest absolute Gasteiger partial charge is 0.496 e. The molecule has 1 atom stereocenters. The van der Waals surface area contributed by atoms with Crippen molar-refractivity contribution in [3.63, 3.8) is 0 Å². The van der Waals surface area contributed by atoms with Gasteiger partial charge in [-0.05, 0) is 37.8 Å². The van der Waals surface area contributed by atoms with E-state index in [-0.39, 0.29) is 11.9 Å². The molecule has 0 spiro atoms. The van der Waals surface area contributed by atoms with Gasteiger partial charge in [0.05, 0.1) is 12.6 Å². The van der Waals surface area contributed by atoms with Crippen molar-refractivity contribution in [2.75, 3.05) is 7.11 Å². The number of methoxy groups -OCH3 is 1. The first-order valence-electron chi connectivity index (χ1n) is 6.27. The third-order valence-electron chi connectivity index (χ3n) is 3.34. The average Bonchev–Trinajstić information content (AvgIpc) is 3.09. The highest BCUT2D eigenvalue weighted by Gasteiger charge is 2.46. The van der Waals surface area contributed by atoms with Crippen molar-refractivity contribution in [2.45, 2.75) is 37.8 Å². The summed E-state index contributed by atoms with van der Waals surface area (Å²) in [5.74, 6) is 0.817. The van der Waals surface area contributed by atoms with Crippen LogP contribution in [0.2, 0.25) is 0 Å². The molecule has 1 aliphatic rings. The first-order chi connectivity index (χ1) is 8.55. The van der Waals surface area contributed by atoms with E-state index in [1.165, 1.54) is 0 Å². The second-order valence-electron chi connectivity index (χ2n) is 5.05. The van der Waals surface area contributed by atoms with E-state index >= 15 is 0 Å². The van der Waals surface area contributed by atoms with Gasteiger partial charge in [0, 0.05) is 6.04 Å². The SMILES string of the molecule is COc1ccccc1CC(C)NC(=O)C1(N)CC1. The Kier molecular flexibility index (Phi) is 3.57. The third kappa shape index (κ3) is 2.82. The monoisotopic (exact) mass is 248 g/mol. The first-order valence-corrected chi connectivity index (χ1v) is 6.27. The molecule has 0 aliphatic heterocycles. The van der Waals surface area contributed by atoms with Crippen molar-refractivity contribution >= 4 is 5.91 Å². The molecule has 1 saturated carbocycles. The van der Waals surface area contributed by atoms with E-state index in [1.54, 1.807) is 7.11 Å². The Balaban J connectivity index is 1.94. The van der Waals surface area contributed by atoms with Gasteiger partial charge in [-0.25, -0.2) is 0 Å². The normalized spacial score (nSPS) is 17.9. The van der Waals surface area contributed by atoms with Gasteiger partial charge in [-0.15, -0.1) is 0 Å². The standard InChI is InChI=1S/C14H20N2O2/c1-10(16-13(17)14(15)7-8-14)9-11-5-3-4-6-12(11)18-2/h3-6,10H,7-9,15H2,1-2H3,(H,16,17). The molecule has 4 heteroatoms. The molecule has 1 aromatic carbocycles. The Morgan fingerprint density at radius 3 is 2.78 bits per heavy atom. The number of para-hydroxylation sites is 1. The number of rotatable bonds is 5. The molecule has 3 N–H and O–H groups in total. The van der Waals surface area contributed by atoms with Crippen molar-refractivity contribution in [3.8, 4) is 5.75 Å². The van der Waals surface area contributed by atoms with Crippen LogP contribution in [0.4, 0.5) is 0 Å². The number of carbonyl (C=O) groups is 1. The molecule has 0 heterocycles. The summed E-state index contributed by atoms with van der Waals surface area (Å²) in [5, 5.41) is 2.96. The Morgan fingerprint density at radius 2 is 2.17 bits per heavy atom. The van der Waals surface area contributed by atoms with Crippen LogP contribution in [-0.2, 0) is 11.2 Å². The Labute approximate surface area is 108 Å². The first kappa shape index (κ1) is 12.9. The lowest BCUT2D eigenvalue weighted by atomic mass is 10.1. The molecule has 1 unspecified atom stereocenters. The summed E-state index contributed by atoms with van der Waals surface area (Å²) in [5.41, 5.74) is 6.34. The van der Waals surface area contributed by atoms with E-state index in [2.05, 4.69) is 5.32 Å². The molecule has 2 rings (SSSR count). The highest BCUT2D eigenvalue weighted by molar-refractivity contribution is 5.89. The van der Waals surface area contributed by atoms with Crippen LogP contribution in [-0.4, -0.2) is 24.6 Å². The van der Waals surface area contributed by atoms with E-state index in [4.69, 9.17) is 10.5 Å². The fourth-order valence-corrected chi connectivity index (χ4v) is 1.98. The smallest absolute Gasteiger partial charge is 0.240 e. The summed E-state index contributed by atoms with van der Waals surface area (Å²) in [6.45, 7) is 1.98. The van der Waals surface area contributed by atoms with Gasteiger partial charge < -0.3 is 15.8 Å². The van der Waals surface area contributed by atoms with E-state index in [0.29, 0.717) is 0 Å². The lowest BCUT2D eigenvalue weighted by molar-refractivity contribution is -0.123. The lowest BCUT2D eigenvalue weighted by Crippen LogP contribution is -2.46. The zero-order chi connectivity index (χ0) is 13.2. The Bertz CT molecular complexity index is 441. The molecule has 4 nitrogen and oxygen atoms in total. The summed E-state index contributed by atoms with van der Waals surface area (Å²) < 4.78 is 5.29. The number of carbonyl (C=O) groups excluding carboxylic acids is 1. The minimum atomic E-state index is -0.602. The topological polar surface area (TPSA) is 64.3 Å². The maximum Gasteiger partial charge on any atom is 0.240 e. The molecule has 1 aromatic rings. The van der Waals surface area contributed by atoms with Gasteiger partial charge in [0.1, 0.15) is 5.75 Å². The van der Waals surface area contributed by atoms with E-state index in [1.807, 2.05) is 31.2 Å². The summed E-state index contributed by atoms with van der Waals surface area (Å²) in [6.07, 6.45) is 2.33. The fourth-order valence-electron chi connectivity index (χ4n) is 1.98. The maximum atomic E-state index is 11.8. The zero-order valence-electron chi connectivity index (χ0n) is 10.9. The van der Waals surface area contributed by atoms with Gasteiger partial charge in [0.2, 0.25) is 5.91 Å². The van der Waals surface area contributed by atoms with E-state index in [0.717, 1.165) is 30.6 Å². The minimum absolute atomic E-state index is 0.0371. The highest BCUT2D eigenvalue weighted by atomic mass is 16.5. The molecular weight excluding hydrogens is 228 g/mol. The van der Waals surface area contributed by atoms with Crippen LogP contribution in [0.3, 0.4) is 0 Å².